The maximum absolute atomic E-state index is 12.5. The zero-order chi connectivity index (χ0) is 17.2. The van der Waals surface area contributed by atoms with Crippen LogP contribution in [0, 0.1) is 0 Å². The van der Waals surface area contributed by atoms with Crippen molar-refractivity contribution in [1.82, 2.24) is 9.62 Å². The van der Waals surface area contributed by atoms with Gasteiger partial charge < -0.3 is 4.90 Å². The Morgan fingerprint density at radius 2 is 1.79 bits per heavy atom. The lowest BCUT2D eigenvalue weighted by atomic mass is 9.85. The van der Waals surface area contributed by atoms with Gasteiger partial charge in [0.15, 0.2) is 0 Å². The molecular formula is C18H20N2O3S. The number of benzene rings is 2. The molecule has 1 unspecified atom stereocenters. The van der Waals surface area contributed by atoms with Gasteiger partial charge in [-0.3, -0.25) is 4.79 Å². The second-order valence-electron chi connectivity index (χ2n) is 5.90. The lowest BCUT2D eigenvalue weighted by Gasteiger charge is -2.35. The molecule has 2 aromatic rings. The molecule has 1 N–H and O–H groups in total. The predicted molar refractivity (Wildman–Crippen MR) is 93.0 cm³/mol. The van der Waals surface area contributed by atoms with Gasteiger partial charge in [-0.15, -0.1) is 0 Å². The number of rotatable bonds is 4. The second kappa shape index (κ2) is 6.75. The molecule has 24 heavy (non-hydrogen) atoms. The monoisotopic (exact) mass is 344 g/mol. The molecular weight excluding hydrogens is 324 g/mol. The number of hydrogen-bond donors (Lipinski definition) is 1. The van der Waals surface area contributed by atoms with Crippen molar-refractivity contribution in [3.63, 3.8) is 0 Å². The number of amides is 1. The van der Waals surface area contributed by atoms with Crippen LogP contribution >= 0.6 is 0 Å². The lowest BCUT2D eigenvalue weighted by Crippen LogP contribution is -2.43. The van der Waals surface area contributed by atoms with Gasteiger partial charge in [0, 0.05) is 19.0 Å². The van der Waals surface area contributed by atoms with Crippen LogP contribution in [0.4, 0.5) is 0 Å². The summed E-state index contributed by atoms with van der Waals surface area (Å²) in [4.78, 5) is 14.1. The highest BCUT2D eigenvalue weighted by atomic mass is 32.2. The molecule has 3 rings (SSSR count). The van der Waals surface area contributed by atoms with Crippen LogP contribution < -0.4 is 4.72 Å². The molecule has 5 nitrogen and oxygen atoms in total. The Balaban J connectivity index is 1.92. The van der Waals surface area contributed by atoms with Crippen LogP contribution in [0.5, 0.6) is 0 Å². The van der Waals surface area contributed by atoms with Crippen LogP contribution in [0.15, 0.2) is 54.6 Å². The Hall–Kier alpha value is -2.18. The van der Waals surface area contributed by atoms with Crippen molar-refractivity contribution >= 4 is 15.9 Å². The Kier molecular flexibility index (Phi) is 4.69. The Morgan fingerprint density at radius 3 is 2.50 bits per heavy atom. The van der Waals surface area contributed by atoms with E-state index in [1.807, 2.05) is 48.5 Å². The fourth-order valence-corrected chi connectivity index (χ4v) is 3.75. The summed E-state index contributed by atoms with van der Waals surface area (Å²) in [5, 5.41) is 0. The molecule has 0 saturated heterocycles. The van der Waals surface area contributed by atoms with E-state index in [0.29, 0.717) is 13.1 Å². The quantitative estimate of drug-likeness (QED) is 0.918. The van der Waals surface area contributed by atoms with Crippen molar-refractivity contribution in [3.05, 3.63) is 71.3 Å². The lowest BCUT2D eigenvalue weighted by molar-refractivity contribution is -0.129. The van der Waals surface area contributed by atoms with E-state index < -0.39 is 15.8 Å². The molecule has 0 fully saturated rings. The van der Waals surface area contributed by atoms with Crippen LogP contribution in [0.3, 0.4) is 0 Å². The highest BCUT2D eigenvalue weighted by Crippen LogP contribution is 2.33. The van der Waals surface area contributed by atoms with Gasteiger partial charge in [-0.1, -0.05) is 54.6 Å². The normalized spacial score (nSPS) is 17.4. The topological polar surface area (TPSA) is 66.5 Å². The Labute approximate surface area is 142 Å². The van der Waals surface area contributed by atoms with Gasteiger partial charge in [0.05, 0.1) is 0 Å². The standard InChI is InChI=1S/C18H20N2O3S/c1-19-24(22,23)13-18(21)20-11-15-9-5-6-10-16(15)17(12-20)14-7-3-2-4-8-14/h2-10,17,19H,11-13H2,1H3. The van der Waals surface area contributed by atoms with E-state index in [2.05, 4.69) is 10.8 Å². The van der Waals surface area contributed by atoms with Crippen LogP contribution in [0.1, 0.15) is 22.6 Å². The number of carbonyl (C=O) groups is 1. The van der Waals surface area contributed by atoms with E-state index >= 15 is 0 Å². The SMILES string of the molecule is CNS(=O)(=O)CC(=O)N1Cc2ccccc2C(c2ccccc2)C1. The van der Waals surface area contributed by atoms with Gasteiger partial charge in [0.2, 0.25) is 15.9 Å². The van der Waals surface area contributed by atoms with Gasteiger partial charge in [0.25, 0.3) is 0 Å². The zero-order valence-electron chi connectivity index (χ0n) is 13.5. The first kappa shape index (κ1) is 16.7. The summed E-state index contributed by atoms with van der Waals surface area (Å²) in [6, 6.07) is 18.0. The van der Waals surface area contributed by atoms with Gasteiger partial charge in [0.1, 0.15) is 5.75 Å². The summed E-state index contributed by atoms with van der Waals surface area (Å²) < 4.78 is 25.6. The minimum Gasteiger partial charge on any atom is -0.336 e. The smallest absolute Gasteiger partial charge is 0.239 e. The van der Waals surface area contributed by atoms with E-state index in [1.165, 1.54) is 12.6 Å². The highest BCUT2D eigenvalue weighted by molar-refractivity contribution is 7.90. The van der Waals surface area contributed by atoms with Crippen LogP contribution in [-0.2, 0) is 21.4 Å². The minimum atomic E-state index is -3.57. The maximum atomic E-state index is 12.5. The predicted octanol–water partition coefficient (Wildman–Crippen LogP) is 1.71. The molecule has 0 saturated carbocycles. The molecule has 0 spiro atoms. The van der Waals surface area contributed by atoms with Crippen LogP contribution in [0.25, 0.3) is 0 Å². The minimum absolute atomic E-state index is 0.0531. The van der Waals surface area contributed by atoms with Gasteiger partial charge in [-0.05, 0) is 23.7 Å². The highest BCUT2D eigenvalue weighted by Gasteiger charge is 2.30. The molecule has 0 radical (unpaired) electrons. The summed E-state index contributed by atoms with van der Waals surface area (Å²) in [5.41, 5.74) is 3.39. The van der Waals surface area contributed by atoms with Gasteiger partial charge >= 0.3 is 0 Å². The number of hydrogen-bond acceptors (Lipinski definition) is 3. The average Bonchev–Trinajstić information content (AvgIpc) is 2.61. The van der Waals surface area contributed by atoms with Crippen molar-refractivity contribution < 1.29 is 13.2 Å². The van der Waals surface area contributed by atoms with Crippen LogP contribution in [-0.4, -0.2) is 38.6 Å². The molecule has 0 aromatic heterocycles. The summed E-state index contributed by atoms with van der Waals surface area (Å²) in [6.45, 7) is 0.927. The Bertz CT molecular complexity index is 834. The Morgan fingerprint density at radius 1 is 1.12 bits per heavy atom. The number of fused-ring (bicyclic) bond motifs is 1. The molecule has 1 atom stereocenters. The third kappa shape index (κ3) is 3.49. The second-order valence-corrected chi connectivity index (χ2v) is 7.83. The molecule has 126 valence electrons. The summed E-state index contributed by atoms with van der Waals surface area (Å²) in [5.74, 6) is -0.843. The molecule has 1 amide bonds. The summed E-state index contributed by atoms with van der Waals surface area (Å²) >= 11 is 0. The van der Waals surface area contributed by atoms with E-state index in [4.69, 9.17) is 0 Å². The van der Waals surface area contributed by atoms with E-state index in [0.717, 1.165) is 11.1 Å². The fraction of sp³-hybridized carbons (Fsp3) is 0.278. The number of nitrogens with one attached hydrogen (secondary N) is 1. The first-order valence-corrected chi connectivity index (χ1v) is 9.47. The van der Waals surface area contributed by atoms with Crippen molar-refractivity contribution in [2.45, 2.75) is 12.5 Å². The number of carbonyl (C=O) groups excluding carboxylic acids is 1. The first-order chi connectivity index (χ1) is 11.5. The molecule has 0 bridgehead atoms. The largest absolute Gasteiger partial charge is 0.336 e. The summed E-state index contributed by atoms with van der Waals surface area (Å²) in [7, 11) is -2.25. The third-order valence-corrected chi connectivity index (χ3v) is 5.62. The molecule has 0 aliphatic carbocycles. The maximum Gasteiger partial charge on any atom is 0.239 e. The number of nitrogens with zero attached hydrogens (tertiary/aromatic N) is 1. The molecule has 1 aliphatic heterocycles. The van der Waals surface area contributed by atoms with E-state index in [1.54, 1.807) is 4.90 Å². The molecule has 1 heterocycles. The van der Waals surface area contributed by atoms with Crippen molar-refractivity contribution in [3.8, 4) is 0 Å². The van der Waals surface area contributed by atoms with Crippen molar-refractivity contribution in [1.29, 1.82) is 0 Å². The van der Waals surface area contributed by atoms with E-state index in [-0.39, 0.29) is 11.8 Å². The zero-order valence-corrected chi connectivity index (χ0v) is 14.3. The summed E-state index contributed by atoms with van der Waals surface area (Å²) in [6.07, 6.45) is 0. The van der Waals surface area contributed by atoms with Crippen LogP contribution in [0.2, 0.25) is 0 Å². The number of sulfonamides is 1. The molecule has 6 heteroatoms. The first-order valence-electron chi connectivity index (χ1n) is 7.82. The molecule has 1 aliphatic rings. The van der Waals surface area contributed by atoms with Gasteiger partial charge in [-0.2, -0.15) is 0 Å². The van der Waals surface area contributed by atoms with E-state index in [9.17, 15) is 13.2 Å². The molecule has 2 aromatic carbocycles. The van der Waals surface area contributed by atoms with Crippen molar-refractivity contribution in [2.24, 2.45) is 0 Å². The van der Waals surface area contributed by atoms with Gasteiger partial charge in [-0.25, -0.2) is 13.1 Å². The average molecular weight is 344 g/mol. The third-order valence-electron chi connectivity index (χ3n) is 4.37. The van der Waals surface area contributed by atoms with Crippen molar-refractivity contribution in [2.75, 3.05) is 19.3 Å². The fourth-order valence-electron chi connectivity index (χ4n) is 3.09.